The van der Waals surface area contributed by atoms with Gasteiger partial charge in [0.25, 0.3) is 0 Å². The number of aromatic nitrogens is 4. The van der Waals surface area contributed by atoms with Crippen molar-refractivity contribution in [1.29, 1.82) is 0 Å². The Morgan fingerprint density at radius 2 is 2.04 bits per heavy atom. The minimum Gasteiger partial charge on any atom is -0.394 e. The first-order valence-corrected chi connectivity index (χ1v) is 8.29. The van der Waals surface area contributed by atoms with Gasteiger partial charge in [0.1, 0.15) is 30.5 Å². The molecule has 3 heterocycles. The molecule has 1 aromatic carbocycles. The molecule has 1 aliphatic heterocycles. The maximum absolute atomic E-state index is 13.1. The van der Waals surface area contributed by atoms with Gasteiger partial charge in [-0.1, -0.05) is 0 Å². The van der Waals surface area contributed by atoms with Crippen LogP contribution in [-0.2, 0) is 9.47 Å². The number of hydrogen-bond donors (Lipinski definition) is 3. The van der Waals surface area contributed by atoms with Gasteiger partial charge in [-0.05, 0) is 24.3 Å². The normalized spacial score (nSPS) is 25.2. The highest BCUT2D eigenvalue weighted by atomic mass is 19.1. The fourth-order valence-corrected chi connectivity index (χ4v) is 3.15. The molecule has 0 aliphatic carbocycles. The van der Waals surface area contributed by atoms with Crippen molar-refractivity contribution in [2.45, 2.75) is 24.5 Å². The van der Waals surface area contributed by atoms with Crippen molar-refractivity contribution in [3.8, 4) is 0 Å². The second-order valence-corrected chi connectivity index (χ2v) is 6.12. The van der Waals surface area contributed by atoms with E-state index in [1.807, 2.05) is 0 Å². The molecule has 4 rings (SSSR count). The molecule has 0 amide bonds. The van der Waals surface area contributed by atoms with Gasteiger partial charge in [-0.15, -0.1) is 0 Å². The van der Waals surface area contributed by atoms with Crippen molar-refractivity contribution in [2.75, 3.05) is 19.0 Å². The summed E-state index contributed by atoms with van der Waals surface area (Å²) in [5, 5.41) is 22.7. The summed E-state index contributed by atoms with van der Waals surface area (Å²) in [6, 6.07) is 5.85. The van der Waals surface area contributed by atoms with Crippen LogP contribution < -0.4 is 5.32 Å². The minimum atomic E-state index is -0.985. The lowest BCUT2D eigenvalue weighted by Crippen LogP contribution is -2.34. The zero-order chi connectivity index (χ0) is 19.0. The molecule has 0 spiro atoms. The lowest BCUT2D eigenvalue weighted by Gasteiger charge is -2.19. The van der Waals surface area contributed by atoms with Gasteiger partial charge in [0, 0.05) is 12.8 Å². The number of fused-ring (bicyclic) bond motifs is 1. The van der Waals surface area contributed by atoms with Gasteiger partial charge in [-0.3, -0.25) is 4.57 Å². The molecule has 27 heavy (non-hydrogen) atoms. The van der Waals surface area contributed by atoms with Crippen LogP contribution in [0.5, 0.6) is 0 Å². The molecule has 9 nitrogen and oxygen atoms in total. The predicted molar refractivity (Wildman–Crippen MR) is 92.8 cm³/mol. The van der Waals surface area contributed by atoms with Crippen LogP contribution in [0.2, 0.25) is 0 Å². The van der Waals surface area contributed by atoms with Crippen LogP contribution >= 0.6 is 0 Å². The number of aliphatic hydroxyl groups is 2. The Bertz CT molecular complexity index is 935. The van der Waals surface area contributed by atoms with Crippen LogP contribution in [0.25, 0.3) is 11.2 Å². The molecule has 2 aromatic heterocycles. The van der Waals surface area contributed by atoms with E-state index in [0.717, 1.165) is 0 Å². The number of rotatable bonds is 5. The number of imidazole rings is 1. The van der Waals surface area contributed by atoms with E-state index in [-0.39, 0.29) is 12.4 Å². The van der Waals surface area contributed by atoms with E-state index in [1.54, 1.807) is 16.7 Å². The van der Waals surface area contributed by atoms with Crippen molar-refractivity contribution >= 4 is 22.7 Å². The zero-order valence-corrected chi connectivity index (χ0v) is 14.4. The van der Waals surface area contributed by atoms with Crippen molar-refractivity contribution in [3.05, 3.63) is 42.7 Å². The van der Waals surface area contributed by atoms with Crippen LogP contribution in [0.3, 0.4) is 0 Å². The predicted octanol–water partition coefficient (Wildman–Crippen LogP) is 0.975. The van der Waals surface area contributed by atoms with Gasteiger partial charge in [0.15, 0.2) is 23.2 Å². The second-order valence-electron chi connectivity index (χ2n) is 6.12. The summed E-state index contributed by atoms with van der Waals surface area (Å²) in [5.41, 5.74) is 1.59. The summed E-state index contributed by atoms with van der Waals surface area (Å²) in [5.74, 6) is 0.107. The number of anilines is 2. The summed E-state index contributed by atoms with van der Waals surface area (Å²) in [6.45, 7) is -0.337. The maximum Gasteiger partial charge on any atom is 0.167 e. The SMILES string of the molecule is CO[C@@H]1[C@H](O)[C@@H](CO)O[C@H]1n1cnc2c(Nc3ccc(F)cc3)ncnc21. The minimum absolute atomic E-state index is 0.335. The molecule has 4 atom stereocenters. The fourth-order valence-electron chi connectivity index (χ4n) is 3.15. The Hall–Kier alpha value is -2.66. The summed E-state index contributed by atoms with van der Waals surface area (Å²) < 4.78 is 25.8. The number of methoxy groups -OCH3 is 1. The molecular weight excluding hydrogens is 357 g/mol. The van der Waals surface area contributed by atoms with Crippen LogP contribution in [0.1, 0.15) is 6.23 Å². The van der Waals surface area contributed by atoms with Gasteiger partial charge in [0.2, 0.25) is 0 Å². The topological polar surface area (TPSA) is 115 Å². The largest absolute Gasteiger partial charge is 0.394 e. The number of halogens is 1. The number of nitrogens with zero attached hydrogens (tertiary/aromatic N) is 4. The van der Waals surface area contributed by atoms with Gasteiger partial charge in [-0.2, -0.15) is 0 Å². The standard InChI is InChI=1S/C17H18FN5O4/c1-26-14-13(25)11(6-24)27-17(14)23-8-21-12-15(19-7-20-16(12)23)22-10-4-2-9(18)3-5-10/h2-5,7-8,11,13-14,17,24-25H,6H2,1H3,(H,19,20,22)/t11-,13-,14-,17-/m1/s1. The van der Waals surface area contributed by atoms with Crippen LogP contribution in [0, 0.1) is 5.82 Å². The third kappa shape index (κ3) is 3.12. The van der Waals surface area contributed by atoms with Gasteiger partial charge in [-0.25, -0.2) is 19.3 Å². The molecule has 3 N–H and O–H groups in total. The lowest BCUT2D eigenvalue weighted by atomic mass is 10.1. The highest BCUT2D eigenvalue weighted by Crippen LogP contribution is 2.34. The Balaban J connectivity index is 1.69. The third-order valence-corrected chi connectivity index (χ3v) is 4.50. The third-order valence-electron chi connectivity index (χ3n) is 4.50. The molecule has 0 bridgehead atoms. The zero-order valence-electron chi connectivity index (χ0n) is 14.4. The molecule has 0 unspecified atom stereocenters. The van der Waals surface area contributed by atoms with E-state index in [9.17, 15) is 14.6 Å². The molecule has 1 fully saturated rings. The fraction of sp³-hybridized carbons (Fsp3) is 0.353. The lowest BCUT2D eigenvalue weighted by molar-refractivity contribution is -0.0583. The van der Waals surface area contributed by atoms with Gasteiger partial charge in [0.05, 0.1) is 12.9 Å². The average Bonchev–Trinajstić information content (AvgIpc) is 3.24. The van der Waals surface area contributed by atoms with E-state index in [0.29, 0.717) is 22.7 Å². The highest BCUT2D eigenvalue weighted by Gasteiger charge is 2.45. The molecule has 142 valence electrons. The summed E-state index contributed by atoms with van der Waals surface area (Å²) >= 11 is 0. The Morgan fingerprint density at radius 1 is 1.26 bits per heavy atom. The van der Waals surface area contributed by atoms with E-state index in [2.05, 4.69) is 20.3 Å². The van der Waals surface area contributed by atoms with Crippen LogP contribution in [-0.4, -0.2) is 61.8 Å². The van der Waals surface area contributed by atoms with Crippen molar-refractivity contribution in [3.63, 3.8) is 0 Å². The highest BCUT2D eigenvalue weighted by molar-refractivity contribution is 5.85. The molecule has 0 saturated carbocycles. The smallest absolute Gasteiger partial charge is 0.167 e. The number of ether oxygens (including phenoxy) is 2. The Labute approximate surface area is 153 Å². The molecule has 10 heteroatoms. The number of aliphatic hydroxyl groups excluding tert-OH is 2. The van der Waals surface area contributed by atoms with Crippen molar-refractivity contribution < 1.29 is 24.1 Å². The van der Waals surface area contributed by atoms with E-state index >= 15 is 0 Å². The quantitative estimate of drug-likeness (QED) is 0.605. The average molecular weight is 375 g/mol. The van der Waals surface area contributed by atoms with E-state index in [1.165, 1.54) is 31.9 Å². The van der Waals surface area contributed by atoms with Crippen molar-refractivity contribution in [2.24, 2.45) is 0 Å². The second kappa shape index (κ2) is 7.16. The molecule has 3 aromatic rings. The number of nitrogens with one attached hydrogen (secondary N) is 1. The Kier molecular flexibility index (Phi) is 4.70. The van der Waals surface area contributed by atoms with Crippen LogP contribution in [0.15, 0.2) is 36.9 Å². The van der Waals surface area contributed by atoms with Gasteiger partial charge >= 0.3 is 0 Å². The van der Waals surface area contributed by atoms with Crippen LogP contribution in [0.4, 0.5) is 15.9 Å². The monoisotopic (exact) mass is 375 g/mol. The van der Waals surface area contributed by atoms with Gasteiger partial charge < -0.3 is 25.0 Å². The molecule has 0 radical (unpaired) electrons. The first-order valence-electron chi connectivity index (χ1n) is 8.29. The number of benzene rings is 1. The first kappa shape index (κ1) is 17.7. The summed E-state index contributed by atoms with van der Waals surface area (Å²) in [4.78, 5) is 12.8. The summed E-state index contributed by atoms with van der Waals surface area (Å²) in [7, 11) is 1.46. The summed E-state index contributed by atoms with van der Waals surface area (Å²) in [6.07, 6.45) is -0.276. The first-order chi connectivity index (χ1) is 13.1. The number of hydrogen-bond acceptors (Lipinski definition) is 8. The van der Waals surface area contributed by atoms with E-state index < -0.39 is 24.5 Å². The Morgan fingerprint density at radius 3 is 2.74 bits per heavy atom. The maximum atomic E-state index is 13.1. The molecular formula is C17H18FN5O4. The van der Waals surface area contributed by atoms with Crippen molar-refractivity contribution in [1.82, 2.24) is 19.5 Å². The molecule has 1 saturated heterocycles. The molecule has 1 aliphatic rings. The van der Waals surface area contributed by atoms with E-state index in [4.69, 9.17) is 9.47 Å².